The summed E-state index contributed by atoms with van der Waals surface area (Å²) < 4.78 is 59.8. The van der Waals surface area contributed by atoms with Gasteiger partial charge in [0, 0.05) is 11.1 Å². The number of fused-ring (bicyclic) bond motifs is 1. The van der Waals surface area contributed by atoms with Crippen molar-refractivity contribution in [1.82, 2.24) is 5.16 Å². The molecule has 0 spiro atoms. The van der Waals surface area contributed by atoms with Crippen LogP contribution in [0.2, 0.25) is 0 Å². The lowest BCUT2D eigenvalue weighted by atomic mass is 10.0. The van der Waals surface area contributed by atoms with Gasteiger partial charge in [0.25, 0.3) is 0 Å². The Labute approximate surface area is 187 Å². The molecule has 0 saturated carbocycles. The van der Waals surface area contributed by atoms with E-state index in [0.717, 1.165) is 0 Å². The molecule has 1 aromatic heterocycles. The third kappa shape index (κ3) is 4.15. The number of ether oxygens (including phenoxy) is 5. The fraction of sp³-hybridized carbons (Fsp3) is 0.211. The molecule has 13 nitrogen and oxygen atoms in total. The van der Waals surface area contributed by atoms with Gasteiger partial charge in [-0.15, -0.1) is 0 Å². The van der Waals surface area contributed by atoms with Crippen molar-refractivity contribution in [2.45, 2.75) is 0 Å². The standard InChI is InChI=1S/C19H22N3O10P/c1-24-13-4-10(5-16(18(13)26-3)30-33(23,31-20)32-21)12-8-22-29-17(12)11-6-14(25-2)19-15(7-11)27-9-28-19/h4-8H,9H2,1-3,20-21H3/q+2. The monoisotopic (exact) mass is 483 g/mol. The largest absolute Gasteiger partial charge is 0.624 e. The van der Waals surface area contributed by atoms with E-state index >= 15 is 0 Å². The quantitative estimate of drug-likeness (QED) is 0.334. The highest BCUT2D eigenvalue weighted by Crippen LogP contribution is 2.52. The summed E-state index contributed by atoms with van der Waals surface area (Å²) in [5, 5.41) is 3.93. The maximum absolute atomic E-state index is 12.5. The molecule has 0 atom stereocenters. The average Bonchev–Trinajstić information content (AvgIpc) is 3.52. The number of phosphoric acid groups is 1. The number of aromatic nitrogens is 1. The van der Waals surface area contributed by atoms with E-state index in [1.54, 1.807) is 18.2 Å². The van der Waals surface area contributed by atoms with Crippen molar-refractivity contribution in [3.05, 3.63) is 30.5 Å². The minimum absolute atomic E-state index is 0.00194. The summed E-state index contributed by atoms with van der Waals surface area (Å²) in [7, 11) is 0.258. The van der Waals surface area contributed by atoms with E-state index in [1.807, 2.05) is 0 Å². The van der Waals surface area contributed by atoms with E-state index in [1.165, 1.54) is 33.6 Å². The van der Waals surface area contributed by atoms with E-state index in [0.29, 0.717) is 39.7 Å². The molecule has 14 heteroatoms. The lowest BCUT2D eigenvalue weighted by Gasteiger charge is -2.16. The van der Waals surface area contributed by atoms with Gasteiger partial charge in [0.2, 0.25) is 18.3 Å². The number of benzene rings is 2. The van der Waals surface area contributed by atoms with Crippen molar-refractivity contribution in [3.8, 4) is 56.9 Å². The summed E-state index contributed by atoms with van der Waals surface area (Å²) in [6.07, 6.45) is 1.51. The fourth-order valence-electron chi connectivity index (χ4n) is 3.28. The van der Waals surface area contributed by atoms with Gasteiger partial charge in [-0.2, -0.15) is 11.8 Å². The summed E-state index contributed by atoms with van der Waals surface area (Å²) in [5.74, 6) is 8.52. The first-order valence-electron chi connectivity index (χ1n) is 9.33. The molecule has 3 aromatic rings. The second kappa shape index (κ2) is 9.17. The highest BCUT2D eigenvalue weighted by Gasteiger charge is 2.35. The van der Waals surface area contributed by atoms with Crippen LogP contribution in [0.3, 0.4) is 0 Å². The van der Waals surface area contributed by atoms with Crippen LogP contribution in [0.5, 0.6) is 34.5 Å². The second-order valence-electron chi connectivity index (χ2n) is 6.49. The summed E-state index contributed by atoms with van der Waals surface area (Å²) in [6, 6.07) is 6.69. The zero-order valence-corrected chi connectivity index (χ0v) is 18.9. The number of hydrogen-bond acceptors (Lipinski definition) is 11. The van der Waals surface area contributed by atoms with Crippen LogP contribution >= 0.6 is 7.82 Å². The van der Waals surface area contributed by atoms with E-state index < -0.39 is 7.82 Å². The molecule has 2 heterocycles. The zero-order chi connectivity index (χ0) is 23.6. The van der Waals surface area contributed by atoms with Crippen LogP contribution in [-0.4, -0.2) is 33.3 Å². The van der Waals surface area contributed by atoms with Gasteiger partial charge in [-0.3, -0.25) is 0 Å². The Balaban J connectivity index is 1.84. The first-order chi connectivity index (χ1) is 16.0. The molecule has 176 valence electrons. The molecule has 0 amide bonds. The van der Waals surface area contributed by atoms with Crippen LogP contribution in [0.15, 0.2) is 35.0 Å². The number of methoxy groups -OCH3 is 3. The van der Waals surface area contributed by atoms with Gasteiger partial charge in [-0.1, -0.05) is 14.4 Å². The molecule has 4 rings (SSSR count). The van der Waals surface area contributed by atoms with Crippen molar-refractivity contribution in [3.63, 3.8) is 0 Å². The topological polar surface area (TPSA) is 172 Å². The number of rotatable bonds is 9. The Bertz CT molecular complexity index is 1210. The van der Waals surface area contributed by atoms with Gasteiger partial charge in [0.15, 0.2) is 28.8 Å². The number of nitrogens with zero attached hydrogens (tertiary/aromatic N) is 1. The lowest BCUT2D eigenvalue weighted by molar-refractivity contribution is -0.682. The van der Waals surface area contributed by atoms with Gasteiger partial charge in [0.05, 0.1) is 27.5 Å². The van der Waals surface area contributed by atoms with E-state index in [-0.39, 0.29) is 24.0 Å². The third-order valence-electron chi connectivity index (χ3n) is 4.77. The Hall–Kier alpha value is -3.48. The van der Waals surface area contributed by atoms with Crippen LogP contribution in [0, 0.1) is 0 Å². The van der Waals surface area contributed by atoms with Gasteiger partial charge in [-0.05, 0) is 29.8 Å². The Morgan fingerprint density at radius 1 is 0.909 bits per heavy atom. The summed E-state index contributed by atoms with van der Waals surface area (Å²) >= 11 is 0. The van der Waals surface area contributed by atoms with Crippen molar-refractivity contribution in [2.24, 2.45) is 0 Å². The molecular weight excluding hydrogens is 461 g/mol. The van der Waals surface area contributed by atoms with Gasteiger partial charge < -0.3 is 32.7 Å². The van der Waals surface area contributed by atoms with E-state index in [9.17, 15) is 4.57 Å². The molecule has 33 heavy (non-hydrogen) atoms. The lowest BCUT2D eigenvalue weighted by Crippen LogP contribution is -2.54. The fourth-order valence-corrected chi connectivity index (χ4v) is 3.83. The molecule has 0 unspecified atom stereocenters. The summed E-state index contributed by atoms with van der Waals surface area (Å²) in [4.78, 5) is 0. The summed E-state index contributed by atoms with van der Waals surface area (Å²) in [6.45, 7) is 0.0809. The van der Waals surface area contributed by atoms with Crippen LogP contribution in [-0.2, 0) is 13.8 Å². The molecule has 0 saturated heterocycles. The zero-order valence-electron chi connectivity index (χ0n) is 18.0. The average molecular weight is 483 g/mol. The molecule has 0 aliphatic carbocycles. The van der Waals surface area contributed by atoms with Crippen molar-refractivity contribution in [1.29, 1.82) is 0 Å². The molecule has 0 fully saturated rings. The number of quaternary nitrogens is 2. The number of hydrogen-bond donors (Lipinski definition) is 2. The molecular formula is C19H22N3O10P+2. The molecule has 1 aliphatic heterocycles. The van der Waals surface area contributed by atoms with Crippen molar-refractivity contribution >= 4 is 7.82 Å². The Kier molecular flexibility index (Phi) is 6.31. The summed E-state index contributed by atoms with van der Waals surface area (Å²) in [5.41, 5.74) is 1.71. The minimum Gasteiger partial charge on any atom is -0.493 e. The third-order valence-corrected chi connectivity index (χ3v) is 5.83. The Morgan fingerprint density at radius 2 is 1.61 bits per heavy atom. The van der Waals surface area contributed by atoms with Gasteiger partial charge in [0.1, 0.15) is 0 Å². The van der Waals surface area contributed by atoms with E-state index in [4.69, 9.17) is 32.7 Å². The van der Waals surface area contributed by atoms with Gasteiger partial charge >= 0.3 is 7.82 Å². The second-order valence-corrected chi connectivity index (χ2v) is 8.08. The molecule has 2 aromatic carbocycles. The SMILES string of the molecule is COc1cc(-c2cnoc2-c2cc(OC)c3c(c2)OCO3)cc(OP(=O)(O[NH3+])O[NH3+])c1OC. The normalized spacial score (nSPS) is 12.5. The van der Waals surface area contributed by atoms with Crippen LogP contribution in [0.25, 0.3) is 22.5 Å². The first kappa shape index (κ1) is 22.7. The smallest absolute Gasteiger partial charge is 0.493 e. The predicted octanol–water partition coefficient (Wildman–Crippen LogP) is 1.60. The molecule has 0 radical (unpaired) electrons. The van der Waals surface area contributed by atoms with Crippen LogP contribution in [0.4, 0.5) is 0 Å². The highest BCUT2D eigenvalue weighted by atomic mass is 31.2. The maximum atomic E-state index is 12.5. The van der Waals surface area contributed by atoms with Gasteiger partial charge in [-0.25, -0.2) is 4.57 Å². The highest BCUT2D eigenvalue weighted by molar-refractivity contribution is 7.48. The molecule has 1 aliphatic rings. The minimum atomic E-state index is -4.10. The van der Waals surface area contributed by atoms with Crippen molar-refractivity contribution < 1.29 is 58.3 Å². The van der Waals surface area contributed by atoms with Crippen LogP contribution < -0.4 is 40.0 Å². The molecule has 0 bridgehead atoms. The maximum Gasteiger partial charge on any atom is 0.624 e. The van der Waals surface area contributed by atoms with Crippen molar-refractivity contribution in [2.75, 3.05) is 28.1 Å². The first-order valence-corrected chi connectivity index (χ1v) is 10.8. The molecule has 6 N–H and O–H groups in total. The van der Waals surface area contributed by atoms with E-state index in [2.05, 4.69) is 26.2 Å². The van der Waals surface area contributed by atoms with Crippen LogP contribution in [0.1, 0.15) is 0 Å². The predicted molar refractivity (Wildman–Crippen MR) is 109 cm³/mol. The Morgan fingerprint density at radius 3 is 2.27 bits per heavy atom.